The van der Waals surface area contributed by atoms with Gasteiger partial charge in [-0.25, -0.2) is 32.8 Å². The first-order valence-electron chi connectivity index (χ1n) is 10.8. The van der Waals surface area contributed by atoms with E-state index >= 15 is 0 Å². The average Bonchev–Trinajstić information content (AvgIpc) is 3.64. The zero-order valence-corrected chi connectivity index (χ0v) is 20.4. The van der Waals surface area contributed by atoms with Gasteiger partial charge < -0.3 is 47.4 Å². The Labute approximate surface area is 209 Å². The maximum Gasteiger partial charge on any atom is 0.509 e. The van der Waals surface area contributed by atoms with Crippen molar-refractivity contribution in [3.8, 4) is 0 Å². The van der Waals surface area contributed by atoms with Crippen LogP contribution in [-0.4, -0.2) is 101 Å². The fourth-order valence-electron chi connectivity index (χ4n) is 2.14. The largest absolute Gasteiger partial charge is 0.509 e. The van der Waals surface area contributed by atoms with Crippen molar-refractivity contribution in [1.82, 2.24) is 0 Å². The number of ether oxygens (including phenoxy) is 10. The molecule has 0 saturated carbocycles. The Hall–Kier alpha value is -3.79. The van der Waals surface area contributed by atoms with E-state index in [-0.39, 0.29) is 31.0 Å². The van der Waals surface area contributed by atoms with Crippen LogP contribution in [-0.2, 0) is 47.4 Å². The molecule has 5 atom stereocenters. The molecule has 0 spiro atoms. The van der Waals surface area contributed by atoms with Crippen LogP contribution < -0.4 is 0 Å². The molecule has 17 heteroatoms. The first-order chi connectivity index (χ1) is 17.3. The summed E-state index contributed by atoms with van der Waals surface area (Å²) in [4.78, 5) is 50.0. The predicted molar refractivity (Wildman–Crippen MR) is 110 cm³/mol. The van der Waals surface area contributed by atoms with E-state index < -0.39 is 43.3 Å². The number of cyclic esters (lactones) is 10. The van der Waals surface area contributed by atoms with E-state index in [1.807, 2.05) is 0 Å². The minimum absolute atomic E-state index is 0.0486. The van der Waals surface area contributed by atoms with Crippen LogP contribution in [0.5, 0.6) is 0 Å². The molecule has 0 radical (unpaired) electrons. The van der Waals surface area contributed by atoms with Gasteiger partial charge in [-0.1, -0.05) is 0 Å². The minimum atomic E-state index is -2.64. The number of hydrogen-bond donors (Lipinski definition) is 0. The molecular weight excluding hydrogens is 518 g/mol. The second-order valence-electron chi connectivity index (χ2n) is 7.51. The van der Waals surface area contributed by atoms with Crippen LogP contribution in [0.15, 0.2) is 0 Å². The van der Waals surface area contributed by atoms with Crippen molar-refractivity contribution in [3.63, 3.8) is 0 Å². The average molecular weight is 546 g/mol. The summed E-state index contributed by atoms with van der Waals surface area (Å²) < 4.78 is 66.8. The Balaban J connectivity index is 0.000000232. The van der Waals surface area contributed by atoms with Gasteiger partial charge in [0, 0.05) is 0 Å². The molecule has 0 aromatic rings. The van der Waals surface area contributed by atoms with Crippen LogP contribution in [0.3, 0.4) is 0 Å². The van der Waals surface area contributed by atoms with Crippen LogP contribution in [0.4, 0.5) is 32.8 Å². The van der Waals surface area contributed by atoms with Crippen LogP contribution >= 0.6 is 0 Å². The maximum atomic E-state index is 11.6. The summed E-state index contributed by atoms with van der Waals surface area (Å²) in [5, 5.41) is 0. The van der Waals surface area contributed by atoms with Gasteiger partial charge in [-0.15, -0.1) is 0 Å². The molecule has 0 bridgehead atoms. The van der Waals surface area contributed by atoms with Gasteiger partial charge in [-0.3, -0.25) is 0 Å². The fourth-order valence-corrected chi connectivity index (χ4v) is 2.14. The highest BCUT2D eigenvalue weighted by Gasteiger charge is 2.32. The summed E-state index contributed by atoms with van der Waals surface area (Å²) in [5.41, 5.74) is 0. The molecular formula is C20H28F2O15. The quantitative estimate of drug-likeness (QED) is 0.346. The number of carbonyl (C=O) groups is 5. The van der Waals surface area contributed by atoms with E-state index in [2.05, 4.69) is 47.4 Å². The van der Waals surface area contributed by atoms with Crippen molar-refractivity contribution in [3.05, 3.63) is 0 Å². The summed E-state index contributed by atoms with van der Waals surface area (Å²) in [7, 11) is 0. The molecule has 5 aliphatic rings. The molecule has 5 unspecified atom stereocenters. The number of hydrogen-bond acceptors (Lipinski definition) is 15. The topological polar surface area (TPSA) is 178 Å². The lowest BCUT2D eigenvalue weighted by Gasteiger charge is -2.01. The van der Waals surface area contributed by atoms with Gasteiger partial charge in [0.05, 0.1) is 0 Å². The monoisotopic (exact) mass is 546 g/mol. The van der Waals surface area contributed by atoms with E-state index in [0.29, 0.717) is 26.4 Å². The first-order valence-corrected chi connectivity index (χ1v) is 10.8. The minimum Gasteiger partial charge on any atom is -0.430 e. The highest BCUT2D eigenvalue weighted by Crippen LogP contribution is 2.13. The van der Waals surface area contributed by atoms with Gasteiger partial charge in [0.1, 0.15) is 57.5 Å². The third-order valence-corrected chi connectivity index (χ3v) is 3.83. The second kappa shape index (κ2) is 16.1. The van der Waals surface area contributed by atoms with E-state index in [9.17, 15) is 32.8 Å². The molecule has 15 nitrogen and oxygen atoms in total. The summed E-state index contributed by atoms with van der Waals surface area (Å²) in [6, 6.07) is 0. The number of halogens is 2. The molecule has 5 heterocycles. The van der Waals surface area contributed by atoms with Crippen LogP contribution in [0.1, 0.15) is 27.7 Å². The predicted octanol–water partition coefficient (Wildman–Crippen LogP) is 2.95. The molecule has 5 rings (SSSR count). The SMILES string of the molecule is CC1COC(=O)O1.CC1COC(=O)O1.CC1COC(=O)O1.CC1COC(=O)O1.O=C1OCC(C(F)F)O1. The lowest BCUT2D eigenvalue weighted by atomic mass is 10.4. The summed E-state index contributed by atoms with van der Waals surface area (Å²) in [6.45, 7) is 8.40. The molecule has 0 amide bonds. The molecule has 0 aliphatic carbocycles. The second-order valence-corrected chi connectivity index (χ2v) is 7.51. The zero-order chi connectivity index (χ0) is 28.0. The smallest absolute Gasteiger partial charge is 0.430 e. The van der Waals surface area contributed by atoms with E-state index in [1.54, 1.807) is 27.7 Å². The summed E-state index contributed by atoms with van der Waals surface area (Å²) in [6.07, 6.45) is -7.41. The van der Waals surface area contributed by atoms with E-state index in [4.69, 9.17) is 0 Å². The van der Waals surface area contributed by atoms with Crippen molar-refractivity contribution in [1.29, 1.82) is 0 Å². The van der Waals surface area contributed by atoms with Crippen molar-refractivity contribution in [2.75, 3.05) is 33.0 Å². The van der Waals surface area contributed by atoms with E-state index in [1.165, 1.54) is 0 Å². The van der Waals surface area contributed by atoms with E-state index in [0.717, 1.165) is 0 Å². The number of alkyl halides is 2. The molecule has 5 aliphatic heterocycles. The van der Waals surface area contributed by atoms with Gasteiger partial charge in [0.15, 0.2) is 6.10 Å². The lowest BCUT2D eigenvalue weighted by Crippen LogP contribution is -2.19. The Morgan fingerprint density at radius 1 is 0.486 bits per heavy atom. The van der Waals surface area contributed by atoms with Gasteiger partial charge >= 0.3 is 30.8 Å². The van der Waals surface area contributed by atoms with Gasteiger partial charge in [0.2, 0.25) is 0 Å². The van der Waals surface area contributed by atoms with Crippen molar-refractivity contribution < 1.29 is 80.1 Å². The molecule has 37 heavy (non-hydrogen) atoms. The van der Waals surface area contributed by atoms with Gasteiger partial charge in [-0.05, 0) is 27.7 Å². The summed E-state index contributed by atoms with van der Waals surface area (Å²) in [5.74, 6) is 0. The lowest BCUT2D eigenvalue weighted by molar-refractivity contribution is 0.0104. The first kappa shape index (κ1) is 31.2. The van der Waals surface area contributed by atoms with Gasteiger partial charge in [0.25, 0.3) is 6.43 Å². The molecule has 0 N–H and O–H groups in total. The third kappa shape index (κ3) is 14.4. The zero-order valence-electron chi connectivity index (χ0n) is 20.4. The van der Waals surface area contributed by atoms with Crippen LogP contribution in [0.25, 0.3) is 0 Å². The summed E-state index contributed by atoms with van der Waals surface area (Å²) >= 11 is 0. The van der Waals surface area contributed by atoms with Gasteiger partial charge in [-0.2, -0.15) is 0 Å². The fraction of sp³-hybridized carbons (Fsp3) is 0.750. The number of carbonyl (C=O) groups excluding carboxylic acids is 5. The molecule has 0 aromatic carbocycles. The molecule has 0 aromatic heterocycles. The normalized spacial score (nSPS) is 28.5. The van der Waals surface area contributed by atoms with Crippen molar-refractivity contribution >= 4 is 30.8 Å². The Morgan fingerprint density at radius 3 is 0.811 bits per heavy atom. The van der Waals surface area contributed by atoms with Crippen molar-refractivity contribution in [2.45, 2.75) is 64.6 Å². The van der Waals surface area contributed by atoms with Crippen molar-refractivity contribution in [2.24, 2.45) is 0 Å². The molecule has 5 saturated heterocycles. The third-order valence-electron chi connectivity index (χ3n) is 3.83. The molecule has 5 fully saturated rings. The molecule has 212 valence electrons. The Kier molecular flexibility index (Phi) is 13.6. The Bertz CT molecular complexity index is 681. The van der Waals surface area contributed by atoms with Crippen LogP contribution in [0, 0.1) is 0 Å². The highest BCUT2D eigenvalue weighted by atomic mass is 19.3. The Morgan fingerprint density at radius 2 is 0.730 bits per heavy atom. The number of rotatable bonds is 1. The maximum absolute atomic E-state index is 11.6. The van der Waals surface area contributed by atoms with Crippen LogP contribution in [0.2, 0.25) is 0 Å². The highest BCUT2D eigenvalue weighted by molar-refractivity contribution is 5.63. The standard InChI is InChI=1S/C4H4F2O3.4C4H6O3/c5-3(6)2-1-8-4(7)9-2;4*1-3-2-6-4(5)7-3/h2-3H,1H2;4*3H,2H2,1H3.